The monoisotopic (exact) mass is 548 g/mol. The Labute approximate surface area is 237 Å². The van der Waals surface area contributed by atoms with Crippen LogP contribution in [0.25, 0.3) is 16.7 Å². The minimum absolute atomic E-state index is 0.0517. The Morgan fingerprint density at radius 2 is 1.51 bits per heavy atom. The van der Waals surface area contributed by atoms with Gasteiger partial charge in [-0.3, -0.25) is 23.4 Å². The number of fused-ring (bicyclic) bond motifs is 3. The minimum atomic E-state index is -0.0899. The Bertz CT molecular complexity index is 1770. The number of piperazine rings is 1. The highest BCUT2D eigenvalue weighted by molar-refractivity contribution is 5.94. The minimum Gasteiger partial charge on any atom is -0.368 e. The highest BCUT2D eigenvalue weighted by Gasteiger charge is 2.23. The molecule has 0 bridgehead atoms. The molecule has 1 aliphatic heterocycles. The van der Waals surface area contributed by atoms with E-state index in [1.165, 1.54) is 0 Å². The molecule has 9 heteroatoms. The second kappa shape index (κ2) is 11.4. The molecule has 9 nitrogen and oxygen atoms in total. The standard InChI is InChI=1S/C32H32N6O3/c1-23(39)25-11-13-26(14-12-25)35-19-21-36(22-20-35)30(40)16-15-29-33-34-32-37(18-17-24-7-3-2-4-8-24)31(41)27-9-5-6-10-28(27)38(29)32/h2-14H,15-22H2,1H3. The first-order valence-corrected chi connectivity index (χ1v) is 14.0. The van der Waals surface area contributed by atoms with Crippen LogP contribution in [0.1, 0.15) is 35.1 Å². The lowest BCUT2D eigenvalue weighted by Gasteiger charge is -2.36. The number of amides is 1. The SMILES string of the molecule is CC(=O)c1ccc(N2CCN(C(=O)CCc3nnc4n(CCc5ccccc5)c(=O)c5ccccc5n34)CC2)cc1. The van der Waals surface area contributed by atoms with Gasteiger partial charge in [-0.15, -0.1) is 10.2 Å². The molecule has 208 valence electrons. The smallest absolute Gasteiger partial charge is 0.262 e. The fourth-order valence-electron chi connectivity index (χ4n) is 5.56. The summed E-state index contributed by atoms with van der Waals surface area (Å²) < 4.78 is 3.62. The number of nitrogens with zero attached hydrogens (tertiary/aromatic N) is 6. The molecule has 1 amide bonds. The summed E-state index contributed by atoms with van der Waals surface area (Å²) in [5.41, 5.74) is 3.56. The van der Waals surface area contributed by atoms with Crippen LogP contribution in [-0.2, 0) is 24.2 Å². The van der Waals surface area contributed by atoms with Crippen LogP contribution >= 0.6 is 0 Å². The van der Waals surface area contributed by atoms with E-state index in [9.17, 15) is 14.4 Å². The summed E-state index contributed by atoms with van der Waals surface area (Å²) in [5, 5.41) is 9.46. The number of carbonyl (C=O) groups excluding carboxylic acids is 2. The van der Waals surface area contributed by atoms with Crippen LogP contribution in [0.4, 0.5) is 5.69 Å². The first-order valence-electron chi connectivity index (χ1n) is 14.0. The number of ketones is 1. The third-order valence-corrected chi connectivity index (χ3v) is 7.88. The fraction of sp³-hybridized carbons (Fsp3) is 0.281. The number of hydrogen-bond acceptors (Lipinski definition) is 6. The van der Waals surface area contributed by atoms with Crippen molar-refractivity contribution in [1.29, 1.82) is 0 Å². The Balaban J connectivity index is 1.16. The van der Waals surface area contributed by atoms with Gasteiger partial charge >= 0.3 is 0 Å². The summed E-state index contributed by atoms with van der Waals surface area (Å²) in [6, 6.07) is 25.2. The number of hydrogen-bond donors (Lipinski definition) is 0. The number of aromatic nitrogens is 4. The van der Waals surface area contributed by atoms with Crippen molar-refractivity contribution in [3.63, 3.8) is 0 Å². The maximum absolute atomic E-state index is 13.4. The molecule has 0 aliphatic carbocycles. The van der Waals surface area contributed by atoms with Crippen molar-refractivity contribution in [1.82, 2.24) is 24.1 Å². The van der Waals surface area contributed by atoms with Crippen LogP contribution < -0.4 is 10.5 Å². The lowest BCUT2D eigenvalue weighted by Crippen LogP contribution is -2.48. The van der Waals surface area contributed by atoms with Gasteiger partial charge in [-0.25, -0.2) is 0 Å². The maximum atomic E-state index is 13.4. The van der Waals surface area contributed by atoms with Gasteiger partial charge in [0.1, 0.15) is 5.82 Å². The number of Topliss-reactive ketones (excluding diaryl/α,β-unsaturated/α-hetero) is 1. The van der Waals surface area contributed by atoms with E-state index >= 15 is 0 Å². The van der Waals surface area contributed by atoms with E-state index in [1.807, 2.05) is 88.2 Å². The van der Waals surface area contributed by atoms with Gasteiger partial charge in [-0.2, -0.15) is 0 Å². The van der Waals surface area contributed by atoms with E-state index in [1.54, 1.807) is 11.5 Å². The predicted molar refractivity (Wildman–Crippen MR) is 158 cm³/mol. The molecule has 1 saturated heterocycles. The molecule has 0 atom stereocenters. The van der Waals surface area contributed by atoms with Crippen LogP contribution in [0.2, 0.25) is 0 Å². The van der Waals surface area contributed by atoms with E-state index in [4.69, 9.17) is 0 Å². The van der Waals surface area contributed by atoms with Crippen molar-refractivity contribution in [2.45, 2.75) is 32.7 Å². The predicted octanol–water partition coefficient (Wildman–Crippen LogP) is 3.77. The van der Waals surface area contributed by atoms with Crippen LogP contribution in [0.3, 0.4) is 0 Å². The second-order valence-corrected chi connectivity index (χ2v) is 10.4. The molecule has 0 saturated carbocycles. The van der Waals surface area contributed by atoms with Crippen molar-refractivity contribution in [2.24, 2.45) is 0 Å². The largest absolute Gasteiger partial charge is 0.368 e. The molecule has 1 fully saturated rings. The zero-order valence-corrected chi connectivity index (χ0v) is 23.1. The first-order chi connectivity index (χ1) is 20.0. The molecule has 0 unspecified atom stereocenters. The van der Waals surface area contributed by atoms with E-state index in [-0.39, 0.29) is 17.2 Å². The lowest BCUT2D eigenvalue weighted by atomic mass is 10.1. The lowest BCUT2D eigenvalue weighted by molar-refractivity contribution is -0.131. The number of carbonyl (C=O) groups is 2. The topological polar surface area (TPSA) is 92.8 Å². The molecule has 0 N–H and O–H groups in total. The van der Waals surface area contributed by atoms with Crippen molar-refractivity contribution in [3.05, 3.63) is 106 Å². The first kappa shape index (κ1) is 26.4. The summed E-state index contributed by atoms with van der Waals surface area (Å²) in [7, 11) is 0. The van der Waals surface area contributed by atoms with Crippen LogP contribution in [0.5, 0.6) is 0 Å². The number of benzene rings is 3. The zero-order valence-electron chi connectivity index (χ0n) is 23.1. The number of aryl methyl sites for hydroxylation is 3. The van der Waals surface area contributed by atoms with Crippen molar-refractivity contribution >= 4 is 34.1 Å². The van der Waals surface area contributed by atoms with Crippen molar-refractivity contribution < 1.29 is 9.59 Å². The summed E-state index contributed by atoms with van der Waals surface area (Å²) >= 11 is 0. The molecule has 0 spiro atoms. The average Bonchev–Trinajstić information content (AvgIpc) is 3.44. The summed E-state index contributed by atoms with van der Waals surface area (Å²) in [6.07, 6.45) is 1.43. The van der Waals surface area contributed by atoms with Gasteiger partial charge in [0.25, 0.3) is 5.56 Å². The highest BCUT2D eigenvalue weighted by Crippen LogP contribution is 2.19. The van der Waals surface area contributed by atoms with Gasteiger partial charge in [0.15, 0.2) is 5.78 Å². The molecule has 0 radical (unpaired) electrons. The van der Waals surface area contributed by atoms with Gasteiger partial charge in [0.2, 0.25) is 11.7 Å². The summed E-state index contributed by atoms with van der Waals surface area (Å²) in [5.74, 6) is 1.30. The van der Waals surface area contributed by atoms with Gasteiger partial charge in [0.05, 0.1) is 10.9 Å². The third-order valence-electron chi connectivity index (χ3n) is 7.88. The normalized spacial score (nSPS) is 13.7. The Kier molecular flexibility index (Phi) is 7.33. The molecule has 3 heterocycles. The molecular formula is C32H32N6O3. The molecular weight excluding hydrogens is 516 g/mol. The van der Waals surface area contributed by atoms with E-state index < -0.39 is 0 Å². The molecule has 2 aromatic heterocycles. The van der Waals surface area contributed by atoms with Gasteiger partial charge in [0, 0.05) is 56.8 Å². The molecule has 1 aliphatic rings. The molecule has 6 rings (SSSR count). The van der Waals surface area contributed by atoms with Crippen LogP contribution in [0, 0.1) is 0 Å². The van der Waals surface area contributed by atoms with Gasteiger partial charge < -0.3 is 9.80 Å². The van der Waals surface area contributed by atoms with Gasteiger partial charge in [-0.05, 0) is 55.3 Å². The Morgan fingerprint density at radius 3 is 2.24 bits per heavy atom. The van der Waals surface area contributed by atoms with E-state index in [0.29, 0.717) is 61.4 Å². The average molecular weight is 549 g/mol. The molecule has 3 aromatic carbocycles. The maximum Gasteiger partial charge on any atom is 0.262 e. The molecule has 41 heavy (non-hydrogen) atoms. The Morgan fingerprint density at radius 1 is 0.805 bits per heavy atom. The quantitative estimate of drug-likeness (QED) is 0.274. The number of anilines is 1. The van der Waals surface area contributed by atoms with E-state index in [2.05, 4.69) is 15.1 Å². The van der Waals surface area contributed by atoms with Crippen molar-refractivity contribution in [2.75, 3.05) is 31.1 Å². The number of para-hydroxylation sites is 1. The Hall–Kier alpha value is -4.79. The van der Waals surface area contributed by atoms with Crippen molar-refractivity contribution in [3.8, 4) is 0 Å². The van der Waals surface area contributed by atoms with Gasteiger partial charge in [-0.1, -0.05) is 42.5 Å². The van der Waals surface area contributed by atoms with Crippen LogP contribution in [-0.4, -0.2) is 61.9 Å². The highest BCUT2D eigenvalue weighted by atomic mass is 16.2. The summed E-state index contributed by atoms with van der Waals surface area (Å²) in [4.78, 5) is 42.3. The molecule has 5 aromatic rings. The van der Waals surface area contributed by atoms with E-state index in [0.717, 1.165) is 29.9 Å². The fourth-order valence-corrected chi connectivity index (χ4v) is 5.56. The third kappa shape index (κ3) is 5.35. The number of rotatable bonds is 8. The zero-order chi connectivity index (χ0) is 28.3. The second-order valence-electron chi connectivity index (χ2n) is 10.4. The van der Waals surface area contributed by atoms with Crippen LogP contribution in [0.15, 0.2) is 83.7 Å². The summed E-state index contributed by atoms with van der Waals surface area (Å²) in [6.45, 7) is 4.78.